The highest BCUT2D eigenvalue weighted by atomic mass is 15.2. The Morgan fingerprint density at radius 3 is 0.798 bits per heavy atom. The van der Waals surface area contributed by atoms with Crippen LogP contribution in [0.5, 0.6) is 0 Å². The van der Waals surface area contributed by atoms with Gasteiger partial charge in [0.15, 0.2) is 0 Å². The first-order chi connectivity index (χ1) is 43.3. The number of benzene rings is 12. The second-order valence-corrected chi connectivity index (χ2v) is 25.9. The number of anilines is 6. The predicted molar refractivity (Wildman–Crippen MR) is 378 cm³/mol. The van der Waals surface area contributed by atoms with Gasteiger partial charge in [0.05, 0.1) is 5.41 Å². The summed E-state index contributed by atoms with van der Waals surface area (Å²) in [5.41, 5.74) is 34.1. The molecule has 89 heavy (non-hydrogen) atoms. The van der Waals surface area contributed by atoms with Gasteiger partial charge in [0, 0.05) is 45.0 Å². The van der Waals surface area contributed by atoms with E-state index in [2.05, 4.69) is 356 Å². The van der Waals surface area contributed by atoms with E-state index in [9.17, 15) is 0 Å². The molecule has 0 amide bonds. The summed E-state index contributed by atoms with van der Waals surface area (Å²) in [4.78, 5) is 4.87. The average molecular weight is 1150 g/mol. The minimum atomic E-state index is -0.562. The number of fused-ring (bicyclic) bond motifs is 9. The lowest BCUT2D eigenvalue weighted by Crippen LogP contribution is -2.28. The van der Waals surface area contributed by atoms with Gasteiger partial charge in [-0.25, -0.2) is 0 Å². The maximum absolute atomic E-state index is 2.46. The predicted octanol–water partition coefficient (Wildman–Crippen LogP) is 23.2. The summed E-state index contributed by atoms with van der Waals surface area (Å²) >= 11 is 0. The van der Waals surface area contributed by atoms with Crippen molar-refractivity contribution in [2.45, 2.75) is 71.6 Å². The molecule has 3 aliphatic rings. The van der Waals surface area contributed by atoms with Crippen molar-refractivity contribution in [3.05, 3.63) is 356 Å². The zero-order valence-corrected chi connectivity index (χ0v) is 52.1. The number of hydrogen-bond acceptors (Lipinski definition) is 2. The average Bonchev–Trinajstić information content (AvgIpc) is 1.57. The summed E-state index contributed by atoms with van der Waals surface area (Å²) in [6, 6.07) is 99.8. The molecule has 12 aromatic carbocycles. The van der Waals surface area contributed by atoms with Crippen molar-refractivity contribution in [2.24, 2.45) is 0 Å². The number of rotatable bonds is 12. The highest BCUT2D eigenvalue weighted by Crippen LogP contribution is 2.58. The summed E-state index contributed by atoms with van der Waals surface area (Å²) < 4.78 is 0. The van der Waals surface area contributed by atoms with Crippen LogP contribution in [0, 0.1) is 27.7 Å². The molecule has 0 saturated carbocycles. The van der Waals surface area contributed by atoms with Crippen LogP contribution in [-0.2, 0) is 16.2 Å². The van der Waals surface area contributed by atoms with Crippen LogP contribution < -0.4 is 9.80 Å². The molecule has 0 bridgehead atoms. The van der Waals surface area contributed by atoms with Gasteiger partial charge in [0.2, 0.25) is 0 Å². The van der Waals surface area contributed by atoms with Crippen LogP contribution in [0.4, 0.5) is 34.1 Å². The SMILES string of the molecule is Cc1ccccc1N(c1ccc2c(c1)C(C)(C)c1cc(C=Cc3ccc4c(c3)C(c3ccccc3)(c3ccccc3)c3cc(C=Cc5ccc6c(c5)C(C)(C)c5cc(N(c7ccccc7C)c7ccccc7C)ccc5-6)ccc3-4)ccc1-2)c1ccccc1C. The van der Waals surface area contributed by atoms with E-state index in [1.54, 1.807) is 0 Å². The lowest BCUT2D eigenvalue weighted by Gasteiger charge is -2.34. The van der Waals surface area contributed by atoms with Crippen molar-refractivity contribution in [1.82, 2.24) is 0 Å². The molecule has 0 spiro atoms. The van der Waals surface area contributed by atoms with Crippen LogP contribution in [-0.4, -0.2) is 0 Å². The molecule has 3 aliphatic carbocycles. The molecule has 430 valence electrons. The summed E-state index contributed by atoms with van der Waals surface area (Å²) in [5, 5.41) is 0. The van der Waals surface area contributed by atoms with Gasteiger partial charge in [0.1, 0.15) is 0 Å². The van der Waals surface area contributed by atoms with E-state index >= 15 is 0 Å². The fourth-order valence-corrected chi connectivity index (χ4v) is 15.2. The van der Waals surface area contributed by atoms with E-state index in [1.165, 1.54) is 157 Å². The van der Waals surface area contributed by atoms with E-state index in [0.29, 0.717) is 0 Å². The van der Waals surface area contributed by atoms with Crippen LogP contribution in [0.25, 0.3) is 57.7 Å². The van der Waals surface area contributed by atoms with Gasteiger partial charge < -0.3 is 9.80 Å². The smallest absolute Gasteiger partial charge is 0.0713 e. The van der Waals surface area contributed by atoms with Crippen LogP contribution in [0.1, 0.15) is 117 Å². The van der Waals surface area contributed by atoms with Gasteiger partial charge in [-0.05, 0) is 211 Å². The second kappa shape index (κ2) is 21.5. The summed E-state index contributed by atoms with van der Waals surface area (Å²) in [5.74, 6) is 0. The highest BCUT2D eigenvalue weighted by molar-refractivity contribution is 5.92. The van der Waals surface area contributed by atoms with Gasteiger partial charge in [0.25, 0.3) is 0 Å². The Labute approximate surface area is 526 Å². The van der Waals surface area contributed by atoms with Crippen molar-refractivity contribution in [3.8, 4) is 33.4 Å². The number of nitrogens with zero attached hydrogens (tertiary/aromatic N) is 2. The van der Waals surface area contributed by atoms with Gasteiger partial charge in [-0.1, -0.05) is 258 Å². The van der Waals surface area contributed by atoms with Crippen LogP contribution in [0.15, 0.2) is 267 Å². The Morgan fingerprint density at radius 1 is 0.247 bits per heavy atom. The second-order valence-electron chi connectivity index (χ2n) is 25.9. The molecule has 0 unspecified atom stereocenters. The number of hydrogen-bond donors (Lipinski definition) is 0. The Bertz CT molecular complexity index is 4440. The first-order valence-electron chi connectivity index (χ1n) is 31.5. The third-order valence-corrected chi connectivity index (χ3v) is 19.8. The Hall–Kier alpha value is -10.3. The fraction of sp³-hybridized carbons (Fsp3) is 0.126. The quantitative estimate of drug-likeness (QED) is 0.113. The summed E-state index contributed by atoms with van der Waals surface area (Å²) in [6.45, 7) is 18.4. The third kappa shape index (κ3) is 9.06. The highest BCUT2D eigenvalue weighted by Gasteiger charge is 2.46. The molecule has 0 heterocycles. The minimum Gasteiger partial charge on any atom is -0.310 e. The Morgan fingerprint density at radius 2 is 0.494 bits per heavy atom. The maximum atomic E-state index is 2.46. The van der Waals surface area contributed by atoms with Gasteiger partial charge in [-0.15, -0.1) is 0 Å². The largest absolute Gasteiger partial charge is 0.310 e. The zero-order chi connectivity index (χ0) is 60.8. The van der Waals surface area contributed by atoms with Crippen molar-refractivity contribution < 1.29 is 0 Å². The molecule has 0 fully saturated rings. The molecule has 2 heteroatoms. The summed E-state index contributed by atoms with van der Waals surface area (Å²) in [7, 11) is 0. The molecular formula is C87H72N2. The summed E-state index contributed by atoms with van der Waals surface area (Å²) in [6.07, 6.45) is 9.25. The third-order valence-electron chi connectivity index (χ3n) is 19.8. The monoisotopic (exact) mass is 1140 g/mol. The van der Waals surface area contributed by atoms with Crippen molar-refractivity contribution in [2.75, 3.05) is 9.80 Å². The van der Waals surface area contributed by atoms with E-state index < -0.39 is 5.41 Å². The standard InChI is InChI=1S/C87H72N2/c1-57-23-15-19-31-81(57)88(82-32-20-16-24-58(82)2)67-43-49-71-69-45-39-61(51-75(69)85(5,6)77(71)55-67)35-37-63-41-47-73-74-48-42-64(54-80(74)87(79(73)53-63,65-27-11-9-12-28-65)66-29-13-10-14-30-66)38-36-62-40-46-70-72-50-44-68(56-78(72)86(7,8)76(70)52-62)89(83-33-21-17-25-59(83)3)84-34-22-18-26-60(84)4/h9-56H,1-8H3. The molecule has 12 aromatic rings. The molecule has 15 rings (SSSR count). The van der Waals surface area contributed by atoms with E-state index in [1.807, 2.05) is 0 Å². The minimum absolute atomic E-state index is 0.212. The first-order valence-corrected chi connectivity index (χ1v) is 31.5. The van der Waals surface area contributed by atoms with Crippen molar-refractivity contribution in [1.29, 1.82) is 0 Å². The van der Waals surface area contributed by atoms with Crippen molar-refractivity contribution in [3.63, 3.8) is 0 Å². The van der Waals surface area contributed by atoms with Crippen LogP contribution in [0.2, 0.25) is 0 Å². The molecule has 0 radical (unpaired) electrons. The van der Waals surface area contributed by atoms with E-state index in [-0.39, 0.29) is 10.8 Å². The zero-order valence-electron chi connectivity index (χ0n) is 52.1. The van der Waals surface area contributed by atoms with Crippen molar-refractivity contribution >= 4 is 58.4 Å². The van der Waals surface area contributed by atoms with Gasteiger partial charge in [-0.3, -0.25) is 0 Å². The lowest BCUT2D eigenvalue weighted by atomic mass is 9.67. The molecule has 0 aliphatic heterocycles. The molecule has 0 aromatic heterocycles. The Kier molecular flexibility index (Phi) is 13.4. The van der Waals surface area contributed by atoms with Gasteiger partial charge >= 0.3 is 0 Å². The van der Waals surface area contributed by atoms with Crippen LogP contribution >= 0.6 is 0 Å². The maximum Gasteiger partial charge on any atom is 0.0713 e. The number of aryl methyl sites for hydroxylation is 4. The fourth-order valence-electron chi connectivity index (χ4n) is 15.2. The van der Waals surface area contributed by atoms with Gasteiger partial charge in [-0.2, -0.15) is 0 Å². The van der Waals surface area contributed by atoms with Crippen LogP contribution in [0.3, 0.4) is 0 Å². The first kappa shape index (κ1) is 55.3. The molecule has 0 N–H and O–H groups in total. The van der Waals surface area contributed by atoms with E-state index in [4.69, 9.17) is 0 Å². The normalized spacial score (nSPS) is 14.2. The lowest BCUT2D eigenvalue weighted by molar-refractivity contribution is 0.660. The van der Waals surface area contributed by atoms with E-state index in [0.717, 1.165) is 0 Å². The molecule has 0 atom stereocenters. The molecular weight excluding hydrogens is 1070 g/mol. The Balaban J connectivity index is 0.752. The topological polar surface area (TPSA) is 6.48 Å². The number of para-hydroxylation sites is 4. The molecule has 0 saturated heterocycles. The molecule has 2 nitrogen and oxygen atoms in total.